The third-order valence-electron chi connectivity index (χ3n) is 4.23. The number of hydrogen-bond acceptors (Lipinski definition) is 2. The second kappa shape index (κ2) is 10.0. The molecule has 0 spiro atoms. The van der Waals surface area contributed by atoms with Gasteiger partial charge in [-0.3, -0.25) is 4.99 Å². The number of nitrogens with zero attached hydrogens (tertiary/aromatic N) is 2. The van der Waals surface area contributed by atoms with Gasteiger partial charge in [0, 0.05) is 33.8 Å². The number of likely N-dealkylation sites (tertiary alicyclic amines) is 1. The number of piperidine rings is 1. The van der Waals surface area contributed by atoms with Crippen molar-refractivity contribution >= 4 is 29.9 Å². The SMILES string of the molecule is CN=C(NCCOC)N1CCC(c2ccccc2)C(C)C1.I. The smallest absolute Gasteiger partial charge is 0.193 e. The maximum atomic E-state index is 5.08. The molecular formula is C17H28IN3O. The van der Waals surface area contributed by atoms with E-state index in [0.717, 1.165) is 25.6 Å². The van der Waals surface area contributed by atoms with Gasteiger partial charge < -0.3 is 15.0 Å². The van der Waals surface area contributed by atoms with Gasteiger partial charge in [0.25, 0.3) is 0 Å². The summed E-state index contributed by atoms with van der Waals surface area (Å²) >= 11 is 0. The highest BCUT2D eigenvalue weighted by Gasteiger charge is 2.28. The number of aliphatic imine (C=N–C) groups is 1. The molecule has 5 heteroatoms. The van der Waals surface area contributed by atoms with Gasteiger partial charge in [-0.2, -0.15) is 0 Å². The lowest BCUT2D eigenvalue weighted by atomic mass is 9.82. The van der Waals surface area contributed by atoms with Crippen molar-refractivity contribution in [2.24, 2.45) is 10.9 Å². The van der Waals surface area contributed by atoms with Crippen LogP contribution >= 0.6 is 24.0 Å². The van der Waals surface area contributed by atoms with E-state index in [2.05, 4.69) is 52.5 Å². The summed E-state index contributed by atoms with van der Waals surface area (Å²) in [5, 5.41) is 3.37. The topological polar surface area (TPSA) is 36.9 Å². The number of methoxy groups -OCH3 is 1. The molecule has 2 unspecified atom stereocenters. The lowest BCUT2D eigenvalue weighted by Crippen LogP contribution is -2.48. The van der Waals surface area contributed by atoms with Crippen molar-refractivity contribution in [2.75, 3.05) is 40.4 Å². The van der Waals surface area contributed by atoms with Crippen LogP contribution in [0, 0.1) is 5.92 Å². The first kappa shape index (κ1) is 19.2. The minimum atomic E-state index is 0. The van der Waals surface area contributed by atoms with E-state index < -0.39 is 0 Å². The Kier molecular flexibility index (Phi) is 8.78. The average Bonchev–Trinajstić information content (AvgIpc) is 2.52. The van der Waals surface area contributed by atoms with Gasteiger partial charge >= 0.3 is 0 Å². The molecule has 1 aliphatic rings. The molecule has 1 aliphatic heterocycles. The first-order valence-corrected chi connectivity index (χ1v) is 7.75. The summed E-state index contributed by atoms with van der Waals surface area (Å²) < 4.78 is 5.08. The van der Waals surface area contributed by atoms with Gasteiger partial charge in [-0.05, 0) is 23.8 Å². The van der Waals surface area contributed by atoms with Crippen LogP contribution in [0.5, 0.6) is 0 Å². The zero-order valence-electron chi connectivity index (χ0n) is 13.8. The van der Waals surface area contributed by atoms with E-state index in [1.165, 1.54) is 12.0 Å². The summed E-state index contributed by atoms with van der Waals surface area (Å²) in [6.07, 6.45) is 1.18. The fourth-order valence-corrected chi connectivity index (χ4v) is 3.13. The van der Waals surface area contributed by atoms with Gasteiger partial charge in [-0.1, -0.05) is 37.3 Å². The zero-order valence-corrected chi connectivity index (χ0v) is 16.1. The molecule has 4 nitrogen and oxygen atoms in total. The molecule has 0 radical (unpaired) electrons. The van der Waals surface area contributed by atoms with Gasteiger partial charge in [0.15, 0.2) is 5.96 Å². The first-order valence-electron chi connectivity index (χ1n) is 7.75. The molecule has 0 bridgehead atoms. The van der Waals surface area contributed by atoms with E-state index in [-0.39, 0.29) is 24.0 Å². The van der Waals surface area contributed by atoms with E-state index in [0.29, 0.717) is 18.4 Å². The maximum Gasteiger partial charge on any atom is 0.193 e. The third-order valence-corrected chi connectivity index (χ3v) is 4.23. The van der Waals surface area contributed by atoms with Crippen LogP contribution in [0.1, 0.15) is 24.8 Å². The average molecular weight is 417 g/mol. The molecule has 0 aliphatic carbocycles. The van der Waals surface area contributed by atoms with Gasteiger partial charge in [-0.25, -0.2) is 0 Å². The molecule has 1 heterocycles. The fourth-order valence-electron chi connectivity index (χ4n) is 3.13. The van der Waals surface area contributed by atoms with Crippen LogP contribution in [-0.4, -0.2) is 51.3 Å². The van der Waals surface area contributed by atoms with Crippen LogP contribution in [0.15, 0.2) is 35.3 Å². The normalized spacial score (nSPS) is 22.1. The molecule has 1 fully saturated rings. The molecule has 1 saturated heterocycles. The highest BCUT2D eigenvalue weighted by molar-refractivity contribution is 14.0. The van der Waals surface area contributed by atoms with E-state index in [4.69, 9.17) is 4.74 Å². The van der Waals surface area contributed by atoms with E-state index in [1.54, 1.807) is 7.11 Å². The summed E-state index contributed by atoms with van der Waals surface area (Å²) in [5.41, 5.74) is 1.46. The van der Waals surface area contributed by atoms with Gasteiger partial charge in [0.1, 0.15) is 0 Å². The van der Waals surface area contributed by atoms with E-state index in [1.807, 2.05) is 7.05 Å². The Hall–Kier alpha value is -0.820. The Bertz CT molecular complexity index is 452. The van der Waals surface area contributed by atoms with Crippen molar-refractivity contribution < 1.29 is 4.74 Å². The summed E-state index contributed by atoms with van der Waals surface area (Å²) in [4.78, 5) is 6.75. The lowest BCUT2D eigenvalue weighted by Gasteiger charge is -2.38. The van der Waals surface area contributed by atoms with Crippen molar-refractivity contribution in [3.8, 4) is 0 Å². The van der Waals surface area contributed by atoms with Crippen molar-refractivity contribution in [1.82, 2.24) is 10.2 Å². The molecule has 1 aromatic rings. The Morgan fingerprint density at radius 3 is 2.68 bits per heavy atom. The van der Waals surface area contributed by atoms with Crippen molar-refractivity contribution in [3.63, 3.8) is 0 Å². The molecule has 0 aromatic heterocycles. The number of nitrogens with one attached hydrogen (secondary N) is 1. The molecule has 2 atom stereocenters. The van der Waals surface area contributed by atoms with E-state index >= 15 is 0 Å². The lowest BCUT2D eigenvalue weighted by molar-refractivity contribution is 0.199. The summed E-state index contributed by atoms with van der Waals surface area (Å²) in [6.45, 7) is 5.94. The first-order chi connectivity index (χ1) is 10.3. The maximum absolute atomic E-state index is 5.08. The number of guanidine groups is 1. The van der Waals surface area contributed by atoms with Crippen molar-refractivity contribution in [1.29, 1.82) is 0 Å². The van der Waals surface area contributed by atoms with Gasteiger partial charge in [0.2, 0.25) is 0 Å². The second-order valence-corrected chi connectivity index (χ2v) is 5.70. The Morgan fingerprint density at radius 1 is 1.36 bits per heavy atom. The largest absolute Gasteiger partial charge is 0.383 e. The van der Waals surface area contributed by atoms with Crippen molar-refractivity contribution in [3.05, 3.63) is 35.9 Å². The number of hydrogen-bond donors (Lipinski definition) is 1. The number of benzene rings is 1. The number of ether oxygens (including phenoxy) is 1. The van der Waals surface area contributed by atoms with Crippen molar-refractivity contribution in [2.45, 2.75) is 19.3 Å². The monoisotopic (exact) mass is 417 g/mol. The molecule has 1 N–H and O–H groups in total. The quantitative estimate of drug-likeness (QED) is 0.354. The molecule has 0 amide bonds. The van der Waals surface area contributed by atoms with E-state index in [9.17, 15) is 0 Å². The summed E-state index contributed by atoms with van der Waals surface area (Å²) in [7, 11) is 3.57. The van der Waals surface area contributed by atoms with Crippen LogP contribution in [0.4, 0.5) is 0 Å². The van der Waals surface area contributed by atoms with Crippen LogP contribution in [-0.2, 0) is 4.74 Å². The predicted octanol–water partition coefficient (Wildman–Crippen LogP) is 2.95. The van der Waals surface area contributed by atoms with Crippen LogP contribution < -0.4 is 5.32 Å². The molecule has 2 rings (SSSR count). The minimum Gasteiger partial charge on any atom is -0.383 e. The molecule has 22 heavy (non-hydrogen) atoms. The van der Waals surface area contributed by atoms with Gasteiger partial charge in [-0.15, -0.1) is 24.0 Å². The molecular weight excluding hydrogens is 389 g/mol. The highest BCUT2D eigenvalue weighted by atomic mass is 127. The second-order valence-electron chi connectivity index (χ2n) is 5.70. The molecule has 1 aromatic carbocycles. The van der Waals surface area contributed by atoms with Crippen LogP contribution in [0.25, 0.3) is 0 Å². The summed E-state index contributed by atoms with van der Waals surface area (Å²) in [6, 6.07) is 10.9. The minimum absolute atomic E-state index is 0. The zero-order chi connectivity index (χ0) is 15.1. The Morgan fingerprint density at radius 2 is 2.09 bits per heavy atom. The summed E-state index contributed by atoms with van der Waals surface area (Å²) in [5.74, 6) is 2.27. The number of halogens is 1. The molecule has 124 valence electrons. The standard InChI is InChI=1S/C17H27N3O.HI/c1-14-13-20(17(18-2)19-10-12-21-3)11-9-16(14)15-7-5-4-6-8-15;/h4-8,14,16H,9-13H2,1-3H3,(H,18,19);1H. The Labute approximate surface area is 151 Å². The highest BCUT2D eigenvalue weighted by Crippen LogP contribution is 2.32. The number of rotatable bonds is 4. The fraction of sp³-hybridized carbons (Fsp3) is 0.588. The van der Waals surface area contributed by atoms with Gasteiger partial charge in [0.05, 0.1) is 6.61 Å². The predicted molar refractivity (Wildman–Crippen MR) is 103 cm³/mol. The Balaban J connectivity index is 0.00000242. The third kappa shape index (κ3) is 5.12. The molecule has 0 saturated carbocycles. The van der Waals surface area contributed by atoms with Crippen LogP contribution in [0.2, 0.25) is 0 Å². The van der Waals surface area contributed by atoms with Crippen LogP contribution in [0.3, 0.4) is 0 Å².